The minimum absolute atomic E-state index is 0.0695. The van der Waals surface area contributed by atoms with Gasteiger partial charge in [0.15, 0.2) is 34.5 Å². The van der Waals surface area contributed by atoms with E-state index in [1.807, 2.05) is 36.4 Å². The van der Waals surface area contributed by atoms with Gasteiger partial charge in [-0.15, -0.1) is 0 Å². The number of likely N-dealkylation sites (N-methyl/N-ethyl adjacent to an activating group) is 2. The van der Waals surface area contributed by atoms with E-state index in [1.54, 1.807) is 52.8 Å². The van der Waals surface area contributed by atoms with E-state index in [1.165, 1.54) is 16.7 Å². The fourth-order valence-corrected chi connectivity index (χ4v) is 9.23. The minimum Gasteiger partial charge on any atom is -0.497 e. The molecule has 4 aliphatic rings. The fourth-order valence-electron chi connectivity index (χ4n) is 9.23. The molecule has 5 heterocycles. The maximum Gasteiger partial charge on any atom is 0.257 e. The van der Waals surface area contributed by atoms with Crippen LogP contribution in [0.25, 0.3) is 0 Å². The summed E-state index contributed by atoms with van der Waals surface area (Å²) in [5.74, 6) is 6.21. The number of amides is 1. The first-order valence-corrected chi connectivity index (χ1v) is 22.5. The zero-order chi connectivity index (χ0) is 45.7. The zero-order valence-electron chi connectivity index (χ0n) is 38.4. The molecule has 0 spiro atoms. The van der Waals surface area contributed by atoms with E-state index in [4.69, 9.17) is 33.2 Å². The monoisotopic (exact) mass is 891 g/mol. The number of anilines is 2. The van der Waals surface area contributed by atoms with Gasteiger partial charge in [-0.1, -0.05) is 24.3 Å². The number of hydrogen-bond acceptors (Lipinski definition) is 12. The van der Waals surface area contributed by atoms with Crippen LogP contribution in [0.4, 0.5) is 11.5 Å². The number of methoxy groups -OCH3 is 4. The van der Waals surface area contributed by atoms with Crippen molar-refractivity contribution >= 4 is 17.4 Å². The van der Waals surface area contributed by atoms with Crippen LogP contribution in [-0.4, -0.2) is 89.5 Å². The van der Waals surface area contributed by atoms with Gasteiger partial charge in [-0.3, -0.25) is 14.6 Å². The number of nitrogens with one attached hydrogen (secondary N) is 2. The van der Waals surface area contributed by atoms with Gasteiger partial charge in [0.05, 0.1) is 40.6 Å². The molecule has 2 N–H and O–H groups in total. The van der Waals surface area contributed by atoms with Gasteiger partial charge < -0.3 is 43.8 Å². The molecular formula is C53H57N5O8. The Morgan fingerprint density at radius 2 is 1.47 bits per heavy atom. The Kier molecular flexibility index (Phi) is 13.2. The van der Waals surface area contributed by atoms with E-state index in [0.29, 0.717) is 89.1 Å². The van der Waals surface area contributed by atoms with Gasteiger partial charge in [-0.25, -0.2) is 4.98 Å². The number of aromatic nitrogens is 1. The molecule has 0 fully saturated rings. The average Bonchev–Trinajstić information content (AvgIpc) is 3.34. The molecule has 13 nitrogen and oxygen atoms in total. The van der Waals surface area contributed by atoms with Crippen LogP contribution in [0.2, 0.25) is 0 Å². The standard InChI is InChI=1S/C53H57N5O8/c1-57-22-19-35-28-45(61-4)47-31-41(35)42(57)25-33-11-15-39(16-12-33)65-46-27-34(26-43-50-36(20-23-58(43)2)29-48(62-5)51(63-6)52(50)66-47)13-17-44(46)64-24-8-21-54-49-18-14-37(32-55-49)53(59)56-38-9-7-10-40(30-38)60-3/h7,9-18,27-32,42-43H,8,19-26H2,1-6H3,(H,54,55)(H,56,59)/t42-,43+/m0/s1. The molecule has 0 unspecified atom stereocenters. The number of carbonyl (C=O) groups is 1. The van der Waals surface area contributed by atoms with Crippen molar-refractivity contribution in [1.82, 2.24) is 14.8 Å². The molecule has 0 saturated heterocycles. The molecular weight excluding hydrogens is 835 g/mol. The summed E-state index contributed by atoms with van der Waals surface area (Å²) in [6, 6.07) is 31.8. The lowest BCUT2D eigenvalue weighted by molar-refractivity contribution is 0.102. The first kappa shape index (κ1) is 44.3. The normalized spacial score (nSPS) is 16.6. The number of benzene rings is 5. The lowest BCUT2D eigenvalue weighted by Crippen LogP contribution is -2.34. The molecule has 1 aromatic heterocycles. The molecule has 13 heteroatoms. The second kappa shape index (κ2) is 19.6. The summed E-state index contributed by atoms with van der Waals surface area (Å²) in [5, 5.41) is 6.23. The van der Waals surface area contributed by atoms with Gasteiger partial charge in [0, 0.05) is 55.2 Å². The number of pyridine rings is 1. The van der Waals surface area contributed by atoms with Crippen LogP contribution >= 0.6 is 0 Å². The molecule has 5 aromatic carbocycles. The van der Waals surface area contributed by atoms with Crippen LogP contribution < -0.4 is 43.8 Å². The molecule has 1 amide bonds. The minimum atomic E-state index is -0.252. The summed E-state index contributed by atoms with van der Waals surface area (Å²) >= 11 is 0. The first-order chi connectivity index (χ1) is 32.2. The lowest BCUT2D eigenvalue weighted by atomic mass is 9.87. The van der Waals surface area contributed by atoms with Gasteiger partial charge in [-0.05, 0) is 141 Å². The Hall–Kier alpha value is -6.96. The van der Waals surface area contributed by atoms with Crippen LogP contribution in [-0.2, 0) is 25.7 Å². The summed E-state index contributed by atoms with van der Waals surface area (Å²) in [6.07, 6.45) is 5.45. The Morgan fingerprint density at radius 1 is 0.727 bits per heavy atom. The molecule has 0 radical (unpaired) electrons. The third-order valence-corrected chi connectivity index (χ3v) is 12.9. The second-order valence-corrected chi connectivity index (χ2v) is 17.0. The highest BCUT2D eigenvalue weighted by Gasteiger charge is 2.35. The van der Waals surface area contributed by atoms with E-state index >= 15 is 0 Å². The van der Waals surface area contributed by atoms with Crippen LogP contribution in [0.15, 0.2) is 103 Å². The zero-order valence-corrected chi connectivity index (χ0v) is 38.4. The number of carbonyl (C=O) groups excluding carboxylic acids is 1. The smallest absolute Gasteiger partial charge is 0.257 e. The molecule has 2 atom stereocenters. The summed E-state index contributed by atoms with van der Waals surface area (Å²) in [6.45, 7) is 2.83. The number of fused-ring (bicyclic) bond motifs is 2. The fraction of sp³-hybridized carbons (Fsp3) is 0.321. The predicted molar refractivity (Wildman–Crippen MR) is 255 cm³/mol. The Labute approximate surface area is 386 Å². The largest absolute Gasteiger partial charge is 0.497 e. The van der Waals surface area contributed by atoms with Gasteiger partial charge in [0.1, 0.15) is 17.3 Å². The summed E-state index contributed by atoms with van der Waals surface area (Å²) in [4.78, 5) is 22.1. The second-order valence-electron chi connectivity index (χ2n) is 17.0. The van der Waals surface area contributed by atoms with Crippen LogP contribution in [0.5, 0.6) is 51.7 Å². The lowest BCUT2D eigenvalue weighted by Gasteiger charge is -2.37. The molecule has 6 aromatic rings. The Morgan fingerprint density at radius 3 is 2.23 bits per heavy atom. The van der Waals surface area contributed by atoms with Crippen molar-refractivity contribution in [2.75, 3.05) is 79.4 Å². The van der Waals surface area contributed by atoms with Gasteiger partial charge in [0.2, 0.25) is 5.75 Å². The van der Waals surface area contributed by atoms with E-state index in [9.17, 15) is 4.79 Å². The van der Waals surface area contributed by atoms with Gasteiger partial charge in [0.25, 0.3) is 5.91 Å². The average molecular weight is 892 g/mol. The molecule has 0 aliphatic carbocycles. The number of hydrogen-bond donors (Lipinski definition) is 2. The highest BCUT2D eigenvalue weighted by atomic mass is 16.5. The molecule has 10 rings (SSSR count). The molecule has 342 valence electrons. The van der Waals surface area contributed by atoms with Crippen molar-refractivity contribution < 1.29 is 38.0 Å². The highest BCUT2D eigenvalue weighted by Crippen LogP contribution is 2.52. The number of nitrogens with zero attached hydrogens (tertiary/aromatic N) is 3. The summed E-state index contributed by atoms with van der Waals surface area (Å²) < 4.78 is 43.6. The van der Waals surface area contributed by atoms with Crippen molar-refractivity contribution in [3.63, 3.8) is 0 Å². The van der Waals surface area contributed by atoms with E-state index in [2.05, 4.69) is 82.0 Å². The topological polar surface area (TPSA) is 125 Å². The van der Waals surface area contributed by atoms with E-state index in [-0.39, 0.29) is 18.0 Å². The van der Waals surface area contributed by atoms with Crippen molar-refractivity contribution in [2.45, 2.75) is 44.2 Å². The molecule has 6 bridgehead atoms. The van der Waals surface area contributed by atoms with Crippen molar-refractivity contribution in [1.29, 1.82) is 0 Å². The maximum atomic E-state index is 12.8. The van der Waals surface area contributed by atoms with Gasteiger partial charge in [-0.2, -0.15) is 0 Å². The number of rotatable bonds is 12. The van der Waals surface area contributed by atoms with Crippen molar-refractivity contribution in [3.05, 3.63) is 142 Å². The van der Waals surface area contributed by atoms with E-state index < -0.39 is 0 Å². The first-order valence-electron chi connectivity index (χ1n) is 22.5. The van der Waals surface area contributed by atoms with Gasteiger partial charge >= 0.3 is 0 Å². The highest BCUT2D eigenvalue weighted by molar-refractivity contribution is 6.04. The quantitative estimate of drug-likeness (QED) is 0.114. The van der Waals surface area contributed by atoms with Crippen molar-refractivity contribution in [2.24, 2.45) is 0 Å². The third kappa shape index (κ3) is 9.40. The summed E-state index contributed by atoms with van der Waals surface area (Å²) in [5.41, 5.74) is 8.05. The van der Waals surface area contributed by atoms with Crippen LogP contribution in [0.1, 0.15) is 62.2 Å². The SMILES string of the molecule is COc1cccc(NC(=O)c2ccc(NCCCOc3ccc4cc3Oc3ccc(cc3)C[C@H]3c5cc(c(OC)cc5CCN3C)Oc3c(OC)c(OC)cc5c3[C@@H](C4)N(C)CC5)nc2)c1. The molecule has 0 saturated carbocycles. The van der Waals surface area contributed by atoms with Crippen LogP contribution in [0.3, 0.4) is 0 Å². The molecule has 66 heavy (non-hydrogen) atoms. The third-order valence-electron chi connectivity index (χ3n) is 12.9. The Bertz CT molecular complexity index is 2690. The molecule has 4 aliphatic heterocycles. The summed E-state index contributed by atoms with van der Waals surface area (Å²) in [7, 11) is 11.0. The predicted octanol–water partition coefficient (Wildman–Crippen LogP) is 9.69. The Balaban J connectivity index is 0.978. The van der Waals surface area contributed by atoms with E-state index in [0.717, 1.165) is 54.8 Å². The maximum absolute atomic E-state index is 12.8. The number of ether oxygens (including phenoxy) is 7. The van der Waals surface area contributed by atoms with Crippen LogP contribution in [0, 0.1) is 0 Å². The van der Waals surface area contributed by atoms with Crippen molar-refractivity contribution in [3.8, 4) is 51.7 Å².